The third kappa shape index (κ3) is 2.45. The molecule has 84 valence electrons. The van der Waals surface area contributed by atoms with Crippen LogP contribution in [0.2, 0.25) is 0 Å². The second-order valence-corrected chi connectivity index (χ2v) is 3.74. The number of rotatable bonds is 4. The van der Waals surface area contributed by atoms with Crippen LogP contribution in [0.15, 0.2) is 4.52 Å². The van der Waals surface area contributed by atoms with Gasteiger partial charge in [-0.1, -0.05) is 13.8 Å². The predicted octanol–water partition coefficient (Wildman–Crippen LogP) is 0.960. The number of hydrogen-bond acceptors (Lipinski definition) is 5. The van der Waals surface area contributed by atoms with Gasteiger partial charge in [-0.3, -0.25) is 4.79 Å². The van der Waals surface area contributed by atoms with Crippen LogP contribution in [0.25, 0.3) is 0 Å². The molecule has 0 saturated carbocycles. The van der Waals surface area contributed by atoms with Crippen LogP contribution in [-0.2, 0) is 4.79 Å². The number of aromatic nitrogens is 2. The van der Waals surface area contributed by atoms with Crippen LogP contribution >= 0.6 is 0 Å². The number of hydrogen-bond donors (Lipinski definition) is 1. The normalized spacial score (nSPS) is 14.7. The van der Waals surface area contributed by atoms with Gasteiger partial charge in [0.1, 0.15) is 0 Å². The van der Waals surface area contributed by atoms with Crippen LogP contribution in [0.1, 0.15) is 25.7 Å². The quantitative estimate of drug-likeness (QED) is 0.802. The molecule has 0 aliphatic rings. The van der Waals surface area contributed by atoms with Crippen LogP contribution in [0.5, 0.6) is 0 Å². The molecule has 0 spiro atoms. The fraction of sp³-hybridized carbons (Fsp3) is 0.667. The molecule has 0 saturated heterocycles. The van der Waals surface area contributed by atoms with Gasteiger partial charge in [-0.15, -0.1) is 0 Å². The molecule has 6 heteroatoms. The lowest BCUT2D eigenvalue weighted by molar-refractivity contribution is -0.141. The number of anilines is 1. The molecule has 1 rings (SSSR count). The Bertz CT molecular complexity index is 348. The lowest BCUT2D eigenvalue weighted by Gasteiger charge is -2.10. The Hall–Kier alpha value is -1.59. The van der Waals surface area contributed by atoms with Crippen molar-refractivity contribution < 1.29 is 14.4 Å². The van der Waals surface area contributed by atoms with Gasteiger partial charge >= 0.3 is 5.97 Å². The molecule has 0 bridgehead atoms. The van der Waals surface area contributed by atoms with Crippen molar-refractivity contribution in [3.8, 4) is 0 Å². The van der Waals surface area contributed by atoms with Gasteiger partial charge in [0.2, 0.25) is 5.89 Å². The maximum atomic E-state index is 10.8. The van der Waals surface area contributed by atoms with Gasteiger partial charge in [0.05, 0.1) is 5.92 Å². The van der Waals surface area contributed by atoms with Gasteiger partial charge < -0.3 is 14.5 Å². The van der Waals surface area contributed by atoms with Gasteiger partial charge in [0.15, 0.2) is 0 Å². The summed E-state index contributed by atoms with van der Waals surface area (Å²) in [6.45, 7) is 3.37. The first-order chi connectivity index (χ1) is 6.93. The summed E-state index contributed by atoms with van der Waals surface area (Å²) in [5, 5.41) is 12.6. The molecule has 6 nitrogen and oxygen atoms in total. The average Bonchev–Trinajstić information content (AvgIpc) is 2.64. The number of carboxylic acids is 1. The molecule has 1 aromatic rings. The number of carbonyl (C=O) groups is 1. The Balaban J connectivity index is 2.82. The number of carboxylic acid groups (broad SMARTS) is 1. The van der Waals surface area contributed by atoms with Crippen molar-refractivity contribution in [1.29, 1.82) is 0 Å². The van der Waals surface area contributed by atoms with E-state index in [1.165, 1.54) is 0 Å². The Morgan fingerprint density at radius 3 is 2.47 bits per heavy atom. The third-order valence-corrected chi connectivity index (χ3v) is 2.36. The molecule has 2 unspecified atom stereocenters. The topological polar surface area (TPSA) is 79.5 Å². The first-order valence-corrected chi connectivity index (χ1v) is 4.67. The van der Waals surface area contributed by atoms with E-state index in [4.69, 9.17) is 9.63 Å². The first kappa shape index (κ1) is 11.5. The van der Waals surface area contributed by atoms with Crippen LogP contribution < -0.4 is 4.90 Å². The van der Waals surface area contributed by atoms with E-state index in [2.05, 4.69) is 10.1 Å². The van der Waals surface area contributed by atoms with E-state index in [0.717, 1.165) is 0 Å². The maximum Gasteiger partial charge on any atom is 0.307 e. The molecule has 0 radical (unpaired) electrons. The van der Waals surface area contributed by atoms with Gasteiger partial charge in [-0.05, 0) is 5.16 Å². The van der Waals surface area contributed by atoms with Crippen LogP contribution in [-0.4, -0.2) is 35.3 Å². The predicted molar refractivity (Wildman–Crippen MR) is 53.8 cm³/mol. The molecular weight excluding hydrogens is 198 g/mol. The lowest BCUT2D eigenvalue weighted by atomic mass is 9.96. The van der Waals surface area contributed by atoms with Gasteiger partial charge in [-0.25, -0.2) is 0 Å². The van der Waals surface area contributed by atoms with Crippen molar-refractivity contribution in [1.82, 2.24) is 10.1 Å². The molecule has 1 heterocycles. The Kier molecular flexibility index (Phi) is 3.28. The summed E-state index contributed by atoms with van der Waals surface area (Å²) >= 11 is 0. The van der Waals surface area contributed by atoms with Crippen molar-refractivity contribution >= 4 is 11.9 Å². The summed E-state index contributed by atoms with van der Waals surface area (Å²) in [6.07, 6.45) is 0. The summed E-state index contributed by atoms with van der Waals surface area (Å²) < 4.78 is 4.99. The molecule has 0 aromatic carbocycles. The molecule has 0 aliphatic carbocycles. The average molecular weight is 213 g/mol. The molecular formula is C9H15N3O3. The molecule has 1 N–H and O–H groups in total. The van der Waals surface area contributed by atoms with Crippen LogP contribution in [0, 0.1) is 5.92 Å². The summed E-state index contributed by atoms with van der Waals surface area (Å²) in [5.41, 5.74) is 0. The largest absolute Gasteiger partial charge is 0.481 e. The highest BCUT2D eigenvalue weighted by atomic mass is 16.5. The zero-order valence-corrected chi connectivity index (χ0v) is 9.26. The Morgan fingerprint density at radius 1 is 1.47 bits per heavy atom. The SMILES string of the molecule is CC(C(=O)O)C(C)c1nc(N(C)C)no1. The minimum absolute atomic E-state index is 0.288. The van der Waals surface area contributed by atoms with E-state index in [-0.39, 0.29) is 5.92 Å². The van der Waals surface area contributed by atoms with Crippen molar-refractivity contribution in [2.45, 2.75) is 19.8 Å². The molecule has 2 atom stereocenters. The standard InChI is InChI=1S/C9H15N3O3/c1-5(6(2)8(13)14)7-10-9(11-15-7)12(3)4/h5-6H,1-4H3,(H,13,14). The van der Waals surface area contributed by atoms with Gasteiger partial charge in [0, 0.05) is 20.0 Å². The highest BCUT2D eigenvalue weighted by Gasteiger charge is 2.26. The van der Waals surface area contributed by atoms with E-state index < -0.39 is 11.9 Å². The second-order valence-electron chi connectivity index (χ2n) is 3.74. The van der Waals surface area contributed by atoms with E-state index >= 15 is 0 Å². The molecule has 0 aliphatic heterocycles. The summed E-state index contributed by atoms with van der Waals surface area (Å²) in [7, 11) is 3.58. The van der Waals surface area contributed by atoms with Gasteiger partial charge in [-0.2, -0.15) is 4.98 Å². The number of nitrogens with zero attached hydrogens (tertiary/aromatic N) is 3. The highest BCUT2D eigenvalue weighted by molar-refractivity contribution is 5.70. The Labute approximate surface area is 87.9 Å². The van der Waals surface area contributed by atoms with E-state index in [9.17, 15) is 4.79 Å². The third-order valence-electron chi connectivity index (χ3n) is 2.36. The van der Waals surface area contributed by atoms with E-state index in [1.807, 2.05) is 0 Å². The molecule has 0 fully saturated rings. The van der Waals surface area contributed by atoms with Gasteiger partial charge in [0.25, 0.3) is 5.95 Å². The zero-order chi connectivity index (χ0) is 11.6. The fourth-order valence-corrected chi connectivity index (χ4v) is 1.02. The minimum atomic E-state index is -0.868. The van der Waals surface area contributed by atoms with Crippen molar-refractivity contribution in [2.24, 2.45) is 5.92 Å². The minimum Gasteiger partial charge on any atom is -0.481 e. The molecule has 0 amide bonds. The summed E-state index contributed by atoms with van der Waals surface area (Å²) in [4.78, 5) is 16.6. The van der Waals surface area contributed by atoms with Crippen LogP contribution in [0.4, 0.5) is 5.95 Å². The number of aliphatic carboxylic acids is 1. The molecule has 1 aromatic heterocycles. The second kappa shape index (κ2) is 4.29. The maximum absolute atomic E-state index is 10.8. The smallest absolute Gasteiger partial charge is 0.307 e. The van der Waals surface area contributed by atoms with Crippen molar-refractivity contribution in [3.63, 3.8) is 0 Å². The lowest BCUT2D eigenvalue weighted by Crippen LogP contribution is -2.17. The highest BCUT2D eigenvalue weighted by Crippen LogP contribution is 2.23. The fourth-order valence-electron chi connectivity index (χ4n) is 1.02. The first-order valence-electron chi connectivity index (χ1n) is 4.67. The van der Waals surface area contributed by atoms with E-state index in [1.54, 1.807) is 32.8 Å². The Morgan fingerprint density at radius 2 is 2.07 bits per heavy atom. The van der Waals surface area contributed by atoms with Crippen molar-refractivity contribution in [3.05, 3.63) is 5.89 Å². The van der Waals surface area contributed by atoms with E-state index in [0.29, 0.717) is 11.8 Å². The molecule has 15 heavy (non-hydrogen) atoms. The monoisotopic (exact) mass is 213 g/mol. The summed E-state index contributed by atoms with van der Waals surface area (Å²) in [6, 6.07) is 0. The zero-order valence-electron chi connectivity index (χ0n) is 9.26. The summed E-state index contributed by atoms with van der Waals surface area (Å²) in [5.74, 6) is -0.890. The van der Waals surface area contributed by atoms with Crippen LogP contribution in [0.3, 0.4) is 0 Å². The van der Waals surface area contributed by atoms with Crippen molar-refractivity contribution in [2.75, 3.05) is 19.0 Å².